The van der Waals surface area contributed by atoms with Crippen molar-refractivity contribution in [2.75, 3.05) is 5.32 Å². The van der Waals surface area contributed by atoms with Gasteiger partial charge in [0.05, 0.1) is 11.7 Å². The zero-order valence-electron chi connectivity index (χ0n) is 15.0. The maximum Gasteiger partial charge on any atom is 0.277 e. The van der Waals surface area contributed by atoms with Crippen LogP contribution in [0.15, 0.2) is 58.2 Å². The highest BCUT2D eigenvalue weighted by molar-refractivity contribution is 8.00. The molecule has 0 bridgehead atoms. The molecule has 0 spiro atoms. The number of hydrogen-bond donors (Lipinski definition) is 1. The van der Waals surface area contributed by atoms with E-state index < -0.39 is 0 Å². The molecule has 3 aromatic rings. The summed E-state index contributed by atoms with van der Waals surface area (Å²) in [7, 11) is 0. The van der Waals surface area contributed by atoms with Gasteiger partial charge in [0.2, 0.25) is 11.8 Å². The number of anilines is 1. The van der Waals surface area contributed by atoms with Crippen molar-refractivity contribution in [3.8, 4) is 0 Å². The van der Waals surface area contributed by atoms with Crippen LogP contribution in [-0.4, -0.2) is 21.4 Å². The number of rotatable bonds is 6. The third-order valence-corrected chi connectivity index (χ3v) is 4.88. The van der Waals surface area contributed by atoms with E-state index in [2.05, 4.69) is 15.5 Å². The minimum atomic E-state index is -0.347. The Morgan fingerprint density at radius 2 is 1.92 bits per heavy atom. The summed E-state index contributed by atoms with van der Waals surface area (Å²) in [5.74, 6) is 0.451. The molecular weight excluding hydrogens is 346 g/mol. The molecule has 134 valence electrons. The molecule has 1 amide bonds. The Kier molecular flexibility index (Phi) is 5.73. The second-order valence-electron chi connectivity index (χ2n) is 6.19. The zero-order chi connectivity index (χ0) is 18.5. The van der Waals surface area contributed by atoms with E-state index in [4.69, 9.17) is 4.42 Å². The van der Waals surface area contributed by atoms with Crippen molar-refractivity contribution in [3.63, 3.8) is 0 Å². The lowest BCUT2D eigenvalue weighted by molar-refractivity contribution is -0.115. The molecule has 3 rings (SSSR count). The number of nitrogens with zero attached hydrogens (tertiary/aromatic N) is 2. The molecule has 26 heavy (non-hydrogen) atoms. The molecular formula is C20H21N3O2S. The second kappa shape index (κ2) is 8.19. The molecule has 6 heteroatoms. The van der Waals surface area contributed by atoms with Crippen molar-refractivity contribution in [3.05, 3.63) is 71.1 Å². The van der Waals surface area contributed by atoms with Crippen LogP contribution in [0, 0.1) is 13.8 Å². The molecule has 0 aliphatic rings. The largest absolute Gasteiger partial charge is 0.416 e. The Labute approximate surface area is 157 Å². The molecule has 0 radical (unpaired) electrons. The molecule has 0 unspecified atom stereocenters. The number of aromatic nitrogens is 2. The van der Waals surface area contributed by atoms with Crippen molar-refractivity contribution in [2.24, 2.45) is 0 Å². The van der Waals surface area contributed by atoms with Crippen molar-refractivity contribution < 1.29 is 9.21 Å². The first kappa shape index (κ1) is 18.2. The normalized spacial score (nSPS) is 12.0. The molecule has 5 nitrogen and oxygen atoms in total. The van der Waals surface area contributed by atoms with Gasteiger partial charge in [-0.15, -0.1) is 10.2 Å². The fraction of sp³-hybridized carbons (Fsp3) is 0.250. The molecule has 1 aromatic heterocycles. The highest BCUT2D eigenvalue weighted by Gasteiger charge is 2.19. The van der Waals surface area contributed by atoms with E-state index in [1.807, 2.05) is 69.3 Å². The van der Waals surface area contributed by atoms with Crippen LogP contribution in [0.1, 0.15) is 29.5 Å². The van der Waals surface area contributed by atoms with Gasteiger partial charge in [0, 0.05) is 5.69 Å². The first-order valence-electron chi connectivity index (χ1n) is 8.42. The van der Waals surface area contributed by atoms with Crippen molar-refractivity contribution in [1.82, 2.24) is 10.2 Å². The Morgan fingerprint density at radius 3 is 2.69 bits per heavy atom. The van der Waals surface area contributed by atoms with Gasteiger partial charge in [-0.05, 0) is 43.5 Å². The maximum absolute atomic E-state index is 12.5. The van der Waals surface area contributed by atoms with Crippen molar-refractivity contribution in [1.29, 1.82) is 0 Å². The average Bonchev–Trinajstić information content (AvgIpc) is 3.05. The smallest absolute Gasteiger partial charge is 0.277 e. The average molecular weight is 367 g/mol. The SMILES string of the molecule is Cc1ccc(C)c(NC(=O)[C@H](C)Sc2nnc(Cc3ccccc3)o2)c1. The number of benzene rings is 2. The van der Waals surface area contributed by atoms with Crippen molar-refractivity contribution >= 4 is 23.4 Å². The number of aryl methyl sites for hydroxylation is 2. The Morgan fingerprint density at radius 1 is 1.15 bits per heavy atom. The van der Waals surface area contributed by atoms with E-state index in [1.54, 1.807) is 0 Å². The van der Waals surface area contributed by atoms with Crippen LogP contribution in [0.4, 0.5) is 5.69 Å². The van der Waals surface area contributed by atoms with Crippen LogP contribution in [0.5, 0.6) is 0 Å². The summed E-state index contributed by atoms with van der Waals surface area (Å²) in [6.07, 6.45) is 0.581. The van der Waals surface area contributed by atoms with Crippen molar-refractivity contribution in [2.45, 2.75) is 37.7 Å². The molecule has 1 heterocycles. The number of carbonyl (C=O) groups excluding carboxylic acids is 1. The number of hydrogen-bond acceptors (Lipinski definition) is 5. The number of nitrogens with one attached hydrogen (secondary N) is 1. The predicted molar refractivity (Wildman–Crippen MR) is 103 cm³/mol. The van der Waals surface area contributed by atoms with Gasteiger partial charge < -0.3 is 9.73 Å². The summed E-state index contributed by atoms with van der Waals surface area (Å²) < 4.78 is 5.66. The monoisotopic (exact) mass is 367 g/mol. The van der Waals surface area contributed by atoms with Crippen LogP contribution in [0.25, 0.3) is 0 Å². The van der Waals surface area contributed by atoms with E-state index in [0.29, 0.717) is 17.5 Å². The molecule has 0 aliphatic heterocycles. The number of amides is 1. The van der Waals surface area contributed by atoms with E-state index in [0.717, 1.165) is 22.4 Å². The summed E-state index contributed by atoms with van der Waals surface area (Å²) in [6.45, 7) is 5.80. The van der Waals surface area contributed by atoms with Crippen LogP contribution >= 0.6 is 11.8 Å². The molecule has 0 fully saturated rings. The standard InChI is InChI=1S/C20H21N3O2S/c1-13-9-10-14(2)17(11-13)21-19(24)15(3)26-20-23-22-18(25-20)12-16-7-5-4-6-8-16/h4-11,15H,12H2,1-3H3,(H,21,24)/t15-/m0/s1. The lowest BCUT2D eigenvalue weighted by Gasteiger charge is -2.12. The molecule has 1 atom stereocenters. The van der Waals surface area contributed by atoms with Gasteiger partial charge in [-0.2, -0.15) is 0 Å². The van der Waals surface area contributed by atoms with Gasteiger partial charge in [-0.25, -0.2) is 0 Å². The molecule has 0 aliphatic carbocycles. The summed E-state index contributed by atoms with van der Waals surface area (Å²) in [5, 5.41) is 11.1. The van der Waals surface area contributed by atoms with E-state index in [-0.39, 0.29) is 11.2 Å². The molecule has 1 N–H and O–H groups in total. The minimum absolute atomic E-state index is 0.0912. The van der Waals surface area contributed by atoms with E-state index in [1.165, 1.54) is 11.8 Å². The maximum atomic E-state index is 12.5. The minimum Gasteiger partial charge on any atom is -0.416 e. The predicted octanol–water partition coefficient (Wildman–Crippen LogP) is 4.40. The first-order valence-corrected chi connectivity index (χ1v) is 9.30. The third kappa shape index (κ3) is 4.73. The highest BCUT2D eigenvalue weighted by atomic mass is 32.2. The van der Waals surface area contributed by atoms with Gasteiger partial charge in [0.15, 0.2) is 0 Å². The Hall–Kier alpha value is -2.60. The first-order chi connectivity index (χ1) is 12.5. The number of thioether (sulfide) groups is 1. The quantitative estimate of drug-likeness (QED) is 0.654. The van der Waals surface area contributed by atoms with Gasteiger partial charge >= 0.3 is 0 Å². The zero-order valence-corrected chi connectivity index (χ0v) is 15.8. The fourth-order valence-corrected chi connectivity index (χ4v) is 3.14. The van der Waals surface area contributed by atoms with Crippen LogP contribution in [-0.2, 0) is 11.2 Å². The lowest BCUT2D eigenvalue weighted by Crippen LogP contribution is -2.22. The molecule has 0 saturated heterocycles. The fourth-order valence-electron chi connectivity index (χ4n) is 2.44. The topological polar surface area (TPSA) is 68.0 Å². The van der Waals surface area contributed by atoms with Crippen LogP contribution in [0.3, 0.4) is 0 Å². The summed E-state index contributed by atoms with van der Waals surface area (Å²) in [4.78, 5) is 12.5. The number of carbonyl (C=O) groups is 1. The summed E-state index contributed by atoms with van der Waals surface area (Å²) in [5.41, 5.74) is 4.07. The lowest BCUT2D eigenvalue weighted by atomic mass is 10.1. The van der Waals surface area contributed by atoms with Gasteiger partial charge in [-0.3, -0.25) is 4.79 Å². The van der Waals surface area contributed by atoms with Gasteiger partial charge in [0.25, 0.3) is 5.22 Å². The van der Waals surface area contributed by atoms with E-state index >= 15 is 0 Å². The highest BCUT2D eigenvalue weighted by Crippen LogP contribution is 2.24. The third-order valence-electron chi connectivity index (χ3n) is 3.94. The van der Waals surface area contributed by atoms with Crippen LogP contribution in [0.2, 0.25) is 0 Å². The second-order valence-corrected chi connectivity index (χ2v) is 7.48. The van der Waals surface area contributed by atoms with E-state index in [9.17, 15) is 4.79 Å². The van der Waals surface area contributed by atoms with Gasteiger partial charge in [-0.1, -0.05) is 54.2 Å². The molecule has 0 saturated carbocycles. The summed E-state index contributed by atoms with van der Waals surface area (Å²) >= 11 is 1.26. The summed E-state index contributed by atoms with van der Waals surface area (Å²) in [6, 6.07) is 15.9. The Balaban J connectivity index is 1.60. The molecule has 2 aromatic carbocycles. The Bertz CT molecular complexity index is 893. The van der Waals surface area contributed by atoms with Gasteiger partial charge in [0.1, 0.15) is 0 Å². The van der Waals surface area contributed by atoms with Crippen LogP contribution < -0.4 is 5.32 Å².